The van der Waals surface area contributed by atoms with Gasteiger partial charge in [-0.1, -0.05) is 0 Å². The minimum atomic E-state index is -1.04. The lowest BCUT2D eigenvalue weighted by Gasteiger charge is -2.21. The molecule has 0 atom stereocenters. The Morgan fingerprint density at radius 3 is 2.22 bits per heavy atom. The number of carboxylic acids is 2. The minimum Gasteiger partial charge on any atom is -0.481 e. The molecule has 94 valence electrons. The second-order valence-corrected chi connectivity index (χ2v) is 3.62. The van der Waals surface area contributed by atoms with Gasteiger partial charge in [-0.3, -0.25) is 9.59 Å². The topological polar surface area (TPSA) is 102 Å². The van der Waals surface area contributed by atoms with Crippen LogP contribution in [0.5, 0.6) is 0 Å². The van der Waals surface area contributed by atoms with Crippen LogP contribution in [0.3, 0.4) is 0 Å². The van der Waals surface area contributed by atoms with Crippen molar-refractivity contribution < 1.29 is 19.8 Å². The Balaban J connectivity index is 2.83. The molecule has 0 spiro atoms. The monoisotopic (exact) mass is 248 g/mol. The van der Waals surface area contributed by atoms with Crippen molar-refractivity contribution in [3.8, 4) is 6.07 Å². The molecule has 0 radical (unpaired) electrons. The molecule has 0 aliphatic heterocycles. The van der Waals surface area contributed by atoms with Crippen molar-refractivity contribution >= 4 is 17.6 Å². The maximum absolute atomic E-state index is 10.7. The van der Waals surface area contributed by atoms with Crippen molar-refractivity contribution in [2.24, 2.45) is 0 Å². The molecule has 0 unspecified atom stereocenters. The molecule has 0 heterocycles. The average Bonchev–Trinajstić information content (AvgIpc) is 2.34. The highest BCUT2D eigenvalue weighted by atomic mass is 16.4. The van der Waals surface area contributed by atoms with E-state index in [0.29, 0.717) is 11.3 Å². The van der Waals surface area contributed by atoms with Gasteiger partial charge in [-0.2, -0.15) is 5.26 Å². The maximum Gasteiger partial charge on any atom is 0.323 e. The van der Waals surface area contributed by atoms with Crippen molar-refractivity contribution in [2.45, 2.75) is 6.42 Å². The fourth-order valence-corrected chi connectivity index (χ4v) is 1.44. The van der Waals surface area contributed by atoms with Crippen molar-refractivity contribution in [1.29, 1.82) is 5.26 Å². The summed E-state index contributed by atoms with van der Waals surface area (Å²) in [7, 11) is 0. The molecule has 6 heteroatoms. The molecule has 0 aliphatic rings. The summed E-state index contributed by atoms with van der Waals surface area (Å²) in [6.45, 7) is -0.174. The summed E-state index contributed by atoms with van der Waals surface area (Å²) in [4.78, 5) is 22.7. The van der Waals surface area contributed by atoms with Gasteiger partial charge in [-0.05, 0) is 24.3 Å². The summed E-state index contributed by atoms with van der Waals surface area (Å²) in [5.74, 6) is -2.02. The van der Waals surface area contributed by atoms with Crippen LogP contribution in [-0.4, -0.2) is 35.2 Å². The number of hydrogen-bond acceptors (Lipinski definition) is 4. The first kappa shape index (κ1) is 13.5. The van der Waals surface area contributed by atoms with Crippen LogP contribution in [0, 0.1) is 11.3 Å². The molecule has 0 amide bonds. The Kier molecular flexibility index (Phi) is 4.69. The summed E-state index contributed by atoms with van der Waals surface area (Å²) in [5.41, 5.74) is 1.05. The largest absolute Gasteiger partial charge is 0.481 e. The highest BCUT2D eigenvalue weighted by Gasteiger charge is 2.12. The molecule has 1 rings (SSSR count). The Bertz CT molecular complexity index is 476. The third-order valence-corrected chi connectivity index (χ3v) is 2.28. The predicted molar refractivity (Wildman–Crippen MR) is 63.3 cm³/mol. The number of carbonyl (C=O) groups is 2. The van der Waals surface area contributed by atoms with E-state index < -0.39 is 11.9 Å². The molecule has 0 aromatic heterocycles. The number of carboxylic acid groups (broad SMARTS) is 2. The second-order valence-electron chi connectivity index (χ2n) is 3.62. The van der Waals surface area contributed by atoms with Crippen LogP contribution in [0.4, 0.5) is 5.69 Å². The van der Waals surface area contributed by atoms with Gasteiger partial charge in [0.2, 0.25) is 0 Å². The lowest BCUT2D eigenvalue weighted by atomic mass is 10.2. The predicted octanol–water partition coefficient (Wildman–Crippen LogP) is 0.924. The number of benzene rings is 1. The molecule has 0 saturated heterocycles. The van der Waals surface area contributed by atoms with Crippen LogP contribution >= 0.6 is 0 Å². The van der Waals surface area contributed by atoms with E-state index in [1.54, 1.807) is 24.3 Å². The van der Waals surface area contributed by atoms with E-state index in [2.05, 4.69) is 0 Å². The maximum atomic E-state index is 10.7. The molecule has 0 fully saturated rings. The molecular weight excluding hydrogens is 236 g/mol. The summed E-state index contributed by atoms with van der Waals surface area (Å²) >= 11 is 0. The second kappa shape index (κ2) is 6.25. The zero-order valence-electron chi connectivity index (χ0n) is 9.54. The number of nitriles is 1. The van der Waals surface area contributed by atoms with Crippen LogP contribution in [0.25, 0.3) is 0 Å². The third-order valence-electron chi connectivity index (χ3n) is 2.28. The lowest BCUT2D eigenvalue weighted by Crippen LogP contribution is -2.31. The van der Waals surface area contributed by atoms with E-state index >= 15 is 0 Å². The van der Waals surface area contributed by atoms with Gasteiger partial charge >= 0.3 is 11.9 Å². The van der Waals surface area contributed by atoms with Crippen molar-refractivity contribution in [3.63, 3.8) is 0 Å². The fraction of sp³-hybridized carbons (Fsp3) is 0.250. The van der Waals surface area contributed by atoms with Gasteiger partial charge in [0.15, 0.2) is 0 Å². The summed E-state index contributed by atoms with van der Waals surface area (Å²) < 4.78 is 0. The van der Waals surface area contributed by atoms with E-state index in [0.717, 1.165) is 0 Å². The van der Waals surface area contributed by atoms with Gasteiger partial charge in [0, 0.05) is 12.2 Å². The van der Waals surface area contributed by atoms with E-state index in [1.807, 2.05) is 6.07 Å². The van der Waals surface area contributed by atoms with Crippen LogP contribution < -0.4 is 4.90 Å². The first-order chi connectivity index (χ1) is 8.52. The Morgan fingerprint density at radius 1 is 1.17 bits per heavy atom. The van der Waals surface area contributed by atoms with Crippen LogP contribution in [-0.2, 0) is 9.59 Å². The van der Waals surface area contributed by atoms with E-state index in [4.69, 9.17) is 15.5 Å². The zero-order valence-corrected chi connectivity index (χ0v) is 9.54. The van der Waals surface area contributed by atoms with Crippen molar-refractivity contribution in [1.82, 2.24) is 0 Å². The Hall–Kier alpha value is -2.55. The summed E-state index contributed by atoms with van der Waals surface area (Å²) in [6, 6.07) is 8.28. The third kappa shape index (κ3) is 4.14. The normalized spacial score (nSPS) is 9.50. The fourth-order valence-electron chi connectivity index (χ4n) is 1.44. The number of anilines is 1. The van der Waals surface area contributed by atoms with Gasteiger partial charge in [0.05, 0.1) is 18.1 Å². The molecule has 0 saturated carbocycles. The minimum absolute atomic E-state index is 0.105. The first-order valence-corrected chi connectivity index (χ1v) is 5.21. The van der Waals surface area contributed by atoms with Crippen molar-refractivity contribution in [3.05, 3.63) is 29.8 Å². The zero-order chi connectivity index (χ0) is 13.5. The molecule has 18 heavy (non-hydrogen) atoms. The number of aliphatic carboxylic acids is 2. The number of rotatable bonds is 6. The van der Waals surface area contributed by atoms with Gasteiger partial charge < -0.3 is 15.1 Å². The lowest BCUT2D eigenvalue weighted by molar-refractivity contribution is -0.138. The summed E-state index contributed by atoms with van der Waals surface area (Å²) in [5, 5.41) is 26.0. The standard InChI is InChI=1S/C12H12N2O4/c13-7-9-1-3-10(4-2-9)14(8-12(17)18)6-5-11(15)16/h1-4H,5-6,8H2,(H,15,16)(H,17,18). The quantitative estimate of drug-likeness (QED) is 0.776. The first-order valence-electron chi connectivity index (χ1n) is 5.21. The van der Waals surface area contributed by atoms with Crippen LogP contribution in [0.2, 0.25) is 0 Å². The van der Waals surface area contributed by atoms with Gasteiger partial charge in [-0.15, -0.1) is 0 Å². The molecule has 2 N–H and O–H groups in total. The number of nitrogens with zero attached hydrogens (tertiary/aromatic N) is 2. The molecule has 1 aromatic carbocycles. The molecule has 0 bridgehead atoms. The molecular formula is C12H12N2O4. The van der Waals surface area contributed by atoms with E-state index in [1.165, 1.54) is 4.90 Å². The SMILES string of the molecule is N#Cc1ccc(N(CCC(=O)O)CC(=O)O)cc1. The smallest absolute Gasteiger partial charge is 0.323 e. The Morgan fingerprint density at radius 2 is 1.78 bits per heavy atom. The molecule has 1 aromatic rings. The van der Waals surface area contributed by atoms with Crippen LogP contribution in [0.15, 0.2) is 24.3 Å². The van der Waals surface area contributed by atoms with Gasteiger partial charge in [0.1, 0.15) is 6.54 Å². The molecule has 6 nitrogen and oxygen atoms in total. The van der Waals surface area contributed by atoms with Gasteiger partial charge in [0.25, 0.3) is 0 Å². The average molecular weight is 248 g/mol. The van der Waals surface area contributed by atoms with E-state index in [9.17, 15) is 9.59 Å². The highest BCUT2D eigenvalue weighted by molar-refractivity contribution is 5.74. The number of hydrogen-bond donors (Lipinski definition) is 2. The van der Waals surface area contributed by atoms with Crippen molar-refractivity contribution in [2.75, 3.05) is 18.0 Å². The Labute approximate surface area is 104 Å². The van der Waals surface area contributed by atoms with Gasteiger partial charge in [-0.25, -0.2) is 0 Å². The highest BCUT2D eigenvalue weighted by Crippen LogP contribution is 2.15. The van der Waals surface area contributed by atoms with Crippen LogP contribution in [0.1, 0.15) is 12.0 Å². The molecule has 0 aliphatic carbocycles. The van der Waals surface area contributed by atoms with E-state index in [-0.39, 0.29) is 19.5 Å². The summed E-state index contributed by atoms with van der Waals surface area (Å²) in [6.07, 6.45) is -0.146.